The minimum atomic E-state index is -0.317. The van der Waals surface area contributed by atoms with Gasteiger partial charge in [-0.1, -0.05) is 40.6 Å². The molecule has 0 radical (unpaired) electrons. The lowest BCUT2D eigenvalue weighted by atomic mass is 10.1. The fraction of sp³-hybridized carbons (Fsp3) is 0.0588. The van der Waals surface area contributed by atoms with Gasteiger partial charge in [-0.2, -0.15) is 5.26 Å². The van der Waals surface area contributed by atoms with E-state index in [1.165, 1.54) is 11.3 Å². The number of halogens is 2. The van der Waals surface area contributed by atoms with Crippen molar-refractivity contribution in [3.05, 3.63) is 74.2 Å². The van der Waals surface area contributed by atoms with Crippen LogP contribution in [-0.2, 0) is 6.42 Å². The normalized spacial score (nSPS) is 10.3. The predicted molar refractivity (Wildman–Crippen MR) is 98.3 cm³/mol. The lowest BCUT2D eigenvalue weighted by Gasteiger charge is -2.03. The average molecular weight is 389 g/mol. The minimum absolute atomic E-state index is 0.317. The molecule has 0 aliphatic carbocycles. The lowest BCUT2D eigenvalue weighted by molar-refractivity contribution is 0.102. The second-order valence-corrected chi connectivity index (χ2v) is 6.90. The molecule has 1 amide bonds. The van der Waals surface area contributed by atoms with Gasteiger partial charge in [0, 0.05) is 22.0 Å². The number of nitrogens with one attached hydrogen (secondary N) is 1. The molecule has 0 aliphatic rings. The van der Waals surface area contributed by atoms with Crippen molar-refractivity contribution in [2.75, 3.05) is 5.32 Å². The zero-order valence-corrected chi connectivity index (χ0v) is 15.0. The van der Waals surface area contributed by atoms with Crippen molar-refractivity contribution in [3.8, 4) is 6.07 Å². The molecule has 0 saturated carbocycles. The maximum atomic E-state index is 12.2. The van der Waals surface area contributed by atoms with Crippen molar-refractivity contribution in [1.29, 1.82) is 5.26 Å². The Morgan fingerprint density at radius 3 is 2.44 bits per heavy atom. The monoisotopic (exact) mass is 388 g/mol. The maximum absolute atomic E-state index is 12.2. The largest absolute Gasteiger partial charge is 0.296 e. The van der Waals surface area contributed by atoms with E-state index in [9.17, 15) is 4.79 Å². The lowest BCUT2D eigenvalue weighted by Crippen LogP contribution is -2.11. The summed E-state index contributed by atoms with van der Waals surface area (Å²) in [6, 6.07) is 13.6. The second kappa shape index (κ2) is 7.62. The molecule has 0 saturated heterocycles. The van der Waals surface area contributed by atoms with Gasteiger partial charge in [-0.3, -0.25) is 10.1 Å². The van der Waals surface area contributed by atoms with E-state index < -0.39 is 0 Å². The van der Waals surface area contributed by atoms with Crippen LogP contribution in [0.15, 0.2) is 42.5 Å². The van der Waals surface area contributed by atoms with Crippen LogP contribution in [0, 0.1) is 11.3 Å². The molecular formula is C17H10Cl2N4OS. The van der Waals surface area contributed by atoms with E-state index in [0.717, 1.165) is 5.56 Å². The first-order chi connectivity index (χ1) is 12.1. The molecule has 8 heteroatoms. The molecule has 124 valence electrons. The van der Waals surface area contributed by atoms with Gasteiger partial charge < -0.3 is 0 Å². The van der Waals surface area contributed by atoms with Crippen molar-refractivity contribution in [2.45, 2.75) is 6.42 Å². The molecule has 1 aromatic heterocycles. The number of amides is 1. The summed E-state index contributed by atoms with van der Waals surface area (Å²) in [7, 11) is 0. The Bertz CT molecular complexity index is 943. The highest BCUT2D eigenvalue weighted by molar-refractivity contribution is 7.15. The second-order valence-electron chi connectivity index (χ2n) is 5.02. The molecule has 25 heavy (non-hydrogen) atoms. The molecule has 0 unspecified atom stereocenters. The quantitative estimate of drug-likeness (QED) is 0.710. The van der Waals surface area contributed by atoms with Crippen LogP contribution < -0.4 is 5.32 Å². The van der Waals surface area contributed by atoms with Gasteiger partial charge in [-0.25, -0.2) is 0 Å². The first-order valence-electron chi connectivity index (χ1n) is 7.13. The van der Waals surface area contributed by atoms with E-state index in [1.807, 2.05) is 6.07 Å². The maximum Gasteiger partial charge on any atom is 0.257 e. The smallest absolute Gasteiger partial charge is 0.257 e. The summed E-state index contributed by atoms with van der Waals surface area (Å²) in [5.74, 6) is -0.317. The van der Waals surface area contributed by atoms with Gasteiger partial charge in [-0.05, 0) is 42.0 Å². The first-order valence-corrected chi connectivity index (χ1v) is 8.71. The number of nitrogens with zero attached hydrogens (tertiary/aromatic N) is 3. The highest BCUT2D eigenvalue weighted by Crippen LogP contribution is 2.28. The topological polar surface area (TPSA) is 78.7 Å². The van der Waals surface area contributed by atoms with Crippen LogP contribution in [0.3, 0.4) is 0 Å². The molecule has 0 bridgehead atoms. The van der Waals surface area contributed by atoms with Crippen LogP contribution in [0.5, 0.6) is 0 Å². The van der Waals surface area contributed by atoms with Crippen molar-refractivity contribution < 1.29 is 4.79 Å². The third-order valence-electron chi connectivity index (χ3n) is 3.35. The summed E-state index contributed by atoms with van der Waals surface area (Å²) in [6.07, 6.45) is 0.433. The van der Waals surface area contributed by atoms with Gasteiger partial charge in [0.15, 0.2) is 0 Å². The number of benzene rings is 2. The highest BCUT2D eigenvalue weighted by Gasteiger charge is 2.13. The molecule has 3 aromatic rings. The Balaban J connectivity index is 1.71. The number of rotatable bonds is 4. The summed E-state index contributed by atoms with van der Waals surface area (Å²) < 4.78 is 0. The molecule has 0 atom stereocenters. The van der Waals surface area contributed by atoms with Crippen LogP contribution in [0.2, 0.25) is 10.0 Å². The summed E-state index contributed by atoms with van der Waals surface area (Å²) >= 11 is 13.6. The number of aromatic nitrogens is 2. The van der Waals surface area contributed by atoms with Crippen LogP contribution in [-0.4, -0.2) is 16.1 Å². The van der Waals surface area contributed by atoms with Crippen LogP contribution in [0.4, 0.5) is 5.13 Å². The summed E-state index contributed by atoms with van der Waals surface area (Å²) in [6.45, 7) is 0. The van der Waals surface area contributed by atoms with E-state index >= 15 is 0 Å². The Morgan fingerprint density at radius 1 is 1.12 bits per heavy atom. The molecule has 2 aromatic carbocycles. The number of carbonyl (C=O) groups excluding carboxylic acids is 1. The summed E-state index contributed by atoms with van der Waals surface area (Å²) in [5, 5.41) is 21.7. The van der Waals surface area contributed by atoms with Gasteiger partial charge in [0.25, 0.3) is 5.91 Å². The van der Waals surface area contributed by atoms with Gasteiger partial charge in [0.2, 0.25) is 5.13 Å². The third-order valence-corrected chi connectivity index (χ3v) is 4.90. The zero-order valence-electron chi connectivity index (χ0n) is 12.7. The Kier molecular flexibility index (Phi) is 5.29. The van der Waals surface area contributed by atoms with Gasteiger partial charge in [-0.15, -0.1) is 10.2 Å². The van der Waals surface area contributed by atoms with Crippen LogP contribution in [0.1, 0.15) is 26.5 Å². The Labute approximate surface area is 157 Å². The van der Waals surface area contributed by atoms with Crippen molar-refractivity contribution >= 4 is 45.6 Å². The summed E-state index contributed by atoms with van der Waals surface area (Å²) in [5.41, 5.74) is 1.70. The van der Waals surface area contributed by atoms with Crippen molar-refractivity contribution in [3.63, 3.8) is 0 Å². The fourth-order valence-electron chi connectivity index (χ4n) is 2.09. The molecular weight excluding hydrogens is 379 g/mol. The number of hydrogen-bond acceptors (Lipinski definition) is 5. The molecule has 5 nitrogen and oxygen atoms in total. The van der Waals surface area contributed by atoms with Crippen LogP contribution >= 0.6 is 34.5 Å². The predicted octanol–water partition coefficient (Wildman–Crippen LogP) is 4.56. The Morgan fingerprint density at radius 2 is 1.80 bits per heavy atom. The molecule has 0 fully saturated rings. The van der Waals surface area contributed by atoms with Gasteiger partial charge in [0.05, 0.1) is 11.6 Å². The number of anilines is 1. The summed E-state index contributed by atoms with van der Waals surface area (Å²) in [4.78, 5) is 12.2. The molecule has 0 spiro atoms. The fourth-order valence-corrected chi connectivity index (χ4v) is 3.37. The number of nitriles is 1. The van der Waals surface area contributed by atoms with Crippen LogP contribution in [0.25, 0.3) is 0 Å². The number of hydrogen-bond donors (Lipinski definition) is 1. The molecule has 1 heterocycles. The van der Waals surface area contributed by atoms with Crippen molar-refractivity contribution in [1.82, 2.24) is 10.2 Å². The van der Waals surface area contributed by atoms with E-state index in [1.54, 1.807) is 42.5 Å². The molecule has 3 rings (SSSR count). The molecule has 1 N–H and O–H groups in total. The highest BCUT2D eigenvalue weighted by atomic mass is 35.5. The van der Waals surface area contributed by atoms with Crippen molar-refractivity contribution in [2.24, 2.45) is 0 Å². The average Bonchev–Trinajstić information content (AvgIpc) is 3.05. The van der Waals surface area contributed by atoms with E-state index in [-0.39, 0.29) is 5.91 Å². The van der Waals surface area contributed by atoms with E-state index in [4.69, 9.17) is 28.5 Å². The van der Waals surface area contributed by atoms with Gasteiger partial charge >= 0.3 is 0 Å². The van der Waals surface area contributed by atoms with E-state index in [0.29, 0.717) is 37.7 Å². The third kappa shape index (κ3) is 4.15. The minimum Gasteiger partial charge on any atom is -0.296 e. The Hall–Kier alpha value is -2.46. The number of carbonyl (C=O) groups is 1. The first kappa shape index (κ1) is 17.4. The van der Waals surface area contributed by atoms with Gasteiger partial charge in [0.1, 0.15) is 5.01 Å². The zero-order chi connectivity index (χ0) is 17.8. The SMILES string of the molecule is N#Cc1ccc(C(=O)Nc2nnc(Cc3c(Cl)cccc3Cl)s2)cc1. The van der Waals surface area contributed by atoms with E-state index in [2.05, 4.69) is 15.5 Å². The standard InChI is InChI=1S/C17H10Cl2N4OS/c18-13-2-1-3-14(19)12(13)8-15-22-23-17(25-15)21-16(24)11-6-4-10(9-20)5-7-11/h1-7H,8H2,(H,21,23,24). The molecule has 0 aliphatic heterocycles.